The first-order chi connectivity index (χ1) is 10.2. The van der Waals surface area contributed by atoms with E-state index in [1.165, 1.54) is 0 Å². The molecule has 0 spiro atoms. The van der Waals surface area contributed by atoms with Crippen LogP contribution in [0.2, 0.25) is 5.02 Å². The largest absolute Gasteiger partial charge is 0.328 e. The van der Waals surface area contributed by atoms with Crippen LogP contribution in [0.3, 0.4) is 0 Å². The van der Waals surface area contributed by atoms with Gasteiger partial charge in [0.1, 0.15) is 5.82 Å². The summed E-state index contributed by atoms with van der Waals surface area (Å²) in [4.78, 5) is 4.48. The molecule has 3 rings (SSSR count). The fourth-order valence-corrected chi connectivity index (χ4v) is 2.51. The Kier molecular flexibility index (Phi) is 4.06. The summed E-state index contributed by atoms with van der Waals surface area (Å²) in [5, 5.41) is 4.98. The lowest BCUT2D eigenvalue weighted by molar-refractivity contribution is 0.449. The summed E-state index contributed by atoms with van der Waals surface area (Å²) in [7, 11) is 0. The molecule has 0 fully saturated rings. The average Bonchev–Trinajstić information content (AvgIpc) is 3.17. The second-order valence-electron chi connectivity index (χ2n) is 5.07. The van der Waals surface area contributed by atoms with Crippen molar-refractivity contribution in [3.8, 4) is 11.4 Å². The highest BCUT2D eigenvalue weighted by Gasteiger charge is 2.11. The van der Waals surface area contributed by atoms with Gasteiger partial charge in [0.15, 0.2) is 0 Å². The molecular formula is C16H17ClN4. The van der Waals surface area contributed by atoms with Gasteiger partial charge >= 0.3 is 0 Å². The molecule has 5 heteroatoms. The van der Waals surface area contributed by atoms with Crippen LogP contribution >= 0.6 is 11.6 Å². The van der Waals surface area contributed by atoms with Crippen molar-refractivity contribution in [2.45, 2.75) is 25.9 Å². The molecular weight excluding hydrogens is 284 g/mol. The number of nitrogens with zero attached hydrogens (tertiary/aromatic N) is 4. The lowest BCUT2D eigenvalue weighted by Gasteiger charge is -2.16. The van der Waals surface area contributed by atoms with Crippen molar-refractivity contribution in [3.05, 3.63) is 60.1 Å². The normalized spacial score (nSPS) is 12.5. The van der Waals surface area contributed by atoms with Gasteiger partial charge in [-0.15, -0.1) is 0 Å². The van der Waals surface area contributed by atoms with Crippen LogP contribution < -0.4 is 0 Å². The molecule has 1 aromatic carbocycles. The van der Waals surface area contributed by atoms with E-state index in [4.69, 9.17) is 11.6 Å². The Morgan fingerprint density at radius 3 is 2.67 bits per heavy atom. The van der Waals surface area contributed by atoms with E-state index < -0.39 is 0 Å². The Labute approximate surface area is 129 Å². The number of benzene rings is 1. The number of rotatable bonds is 5. The maximum Gasteiger partial charge on any atom is 0.140 e. The molecule has 4 nitrogen and oxygen atoms in total. The second-order valence-corrected chi connectivity index (χ2v) is 5.51. The molecule has 3 aromatic rings. The van der Waals surface area contributed by atoms with Crippen molar-refractivity contribution in [1.82, 2.24) is 19.3 Å². The molecule has 0 unspecified atom stereocenters. The van der Waals surface area contributed by atoms with Crippen molar-refractivity contribution >= 4 is 11.6 Å². The van der Waals surface area contributed by atoms with Gasteiger partial charge in [0.2, 0.25) is 0 Å². The number of hydrogen-bond acceptors (Lipinski definition) is 2. The molecule has 0 aliphatic carbocycles. The molecule has 108 valence electrons. The van der Waals surface area contributed by atoms with E-state index in [0.717, 1.165) is 29.4 Å². The summed E-state index contributed by atoms with van der Waals surface area (Å²) < 4.78 is 4.15. The summed E-state index contributed by atoms with van der Waals surface area (Å²) in [6.45, 7) is 3.09. The minimum Gasteiger partial charge on any atom is -0.328 e. The standard InChI is InChI=1S/C16H17ClN4/c1-13(7-11-20-10-2-8-19-20)21-12-9-18-16(21)14-3-5-15(17)6-4-14/h2-6,8-10,12-13H,7,11H2,1H3/t13-/m1/s1. The first kappa shape index (κ1) is 13.9. The van der Waals surface area contributed by atoms with E-state index in [-0.39, 0.29) is 0 Å². The van der Waals surface area contributed by atoms with Crippen molar-refractivity contribution in [1.29, 1.82) is 0 Å². The second kappa shape index (κ2) is 6.14. The Bertz CT molecular complexity index is 685. The minimum absolute atomic E-state index is 0.349. The SMILES string of the molecule is C[C@H](CCn1cccn1)n1ccnc1-c1ccc(Cl)cc1. The molecule has 0 saturated heterocycles. The molecule has 0 saturated carbocycles. The molecule has 21 heavy (non-hydrogen) atoms. The van der Waals surface area contributed by atoms with Crippen molar-refractivity contribution in [2.24, 2.45) is 0 Å². The number of aryl methyl sites for hydroxylation is 1. The van der Waals surface area contributed by atoms with E-state index in [0.29, 0.717) is 6.04 Å². The van der Waals surface area contributed by atoms with Crippen LogP contribution in [0.25, 0.3) is 11.4 Å². The van der Waals surface area contributed by atoms with Crippen LogP contribution in [0.4, 0.5) is 0 Å². The van der Waals surface area contributed by atoms with Gasteiger partial charge in [-0.05, 0) is 43.7 Å². The molecule has 0 radical (unpaired) electrons. The summed E-state index contributed by atoms with van der Waals surface area (Å²) in [6, 6.07) is 10.1. The molecule has 0 bridgehead atoms. The van der Waals surface area contributed by atoms with Gasteiger partial charge in [0, 0.05) is 48.0 Å². The van der Waals surface area contributed by atoms with Gasteiger partial charge < -0.3 is 4.57 Å². The Morgan fingerprint density at radius 2 is 1.95 bits per heavy atom. The summed E-state index contributed by atoms with van der Waals surface area (Å²) in [6.07, 6.45) is 8.66. The third-order valence-electron chi connectivity index (χ3n) is 3.58. The van der Waals surface area contributed by atoms with Crippen LogP contribution in [0.5, 0.6) is 0 Å². The number of halogens is 1. The van der Waals surface area contributed by atoms with Crippen LogP contribution in [0.15, 0.2) is 55.1 Å². The fraction of sp³-hybridized carbons (Fsp3) is 0.250. The fourth-order valence-electron chi connectivity index (χ4n) is 2.38. The lowest BCUT2D eigenvalue weighted by Crippen LogP contribution is -2.10. The van der Waals surface area contributed by atoms with E-state index in [9.17, 15) is 0 Å². The molecule has 0 N–H and O–H groups in total. The molecule has 0 amide bonds. The average molecular weight is 301 g/mol. The highest BCUT2D eigenvalue weighted by molar-refractivity contribution is 6.30. The van der Waals surface area contributed by atoms with Gasteiger partial charge in [-0.3, -0.25) is 4.68 Å². The zero-order chi connectivity index (χ0) is 14.7. The van der Waals surface area contributed by atoms with Crippen LogP contribution in [-0.2, 0) is 6.54 Å². The Balaban J connectivity index is 1.76. The van der Waals surface area contributed by atoms with E-state index in [1.54, 1.807) is 6.20 Å². The minimum atomic E-state index is 0.349. The Morgan fingerprint density at radius 1 is 1.14 bits per heavy atom. The number of aromatic nitrogens is 4. The van der Waals surface area contributed by atoms with E-state index in [1.807, 2.05) is 53.6 Å². The highest BCUT2D eigenvalue weighted by Crippen LogP contribution is 2.24. The predicted octanol–water partition coefficient (Wildman–Crippen LogP) is 4.05. The van der Waals surface area contributed by atoms with Gasteiger partial charge in [-0.2, -0.15) is 5.10 Å². The van der Waals surface area contributed by atoms with Crippen LogP contribution in [0.1, 0.15) is 19.4 Å². The third-order valence-corrected chi connectivity index (χ3v) is 3.83. The smallest absolute Gasteiger partial charge is 0.140 e. The van der Waals surface area contributed by atoms with Crippen LogP contribution in [-0.4, -0.2) is 19.3 Å². The van der Waals surface area contributed by atoms with Crippen molar-refractivity contribution in [2.75, 3.05) is 0 Å². The third kappa shape index (κ3) is 3.16. The molecule has 0 aliphatic rings. The maximum absolute atomic E-state index is 5.95. The van der Waals surface area contributed by atoms with Crippen molar-refractivity contribution < 1.29 is 0 Å². The maximum atomic E-state index is 5.95. The topological polar surface area (TPSA) is 35.6 Å². The summed E-state index contributed by atoms with van der Waals surface area (Å²) in [5.41, 5.74) is 1.08. The molecule has 2 heterocycles. The molecule has 0 aliphatic heterocycles. The van der Waals surface area contributed by atoms with Gasteiger partial charge in [-0.1, -0.05) is 11.6 Å². The highest BCUT2D eigenvalue weighted by atomic mass is 35.5. The van der Waals surface area contributed by atoms with Crippen molar-refractivity contribution in [3.63, 3.8) is 0 Å². The lowest BCUT2D eigenvalue weighted by atomic mass is 10.2. The summed E-state index contributed by atoms with van der Waals surface area (Å²) in [5.74, 6) is 0.972. The van der Waals surface area contributed by atoms with Gasteiger partial charge in [0.05, 0.1) is 0 Å². The molecule has 2 aromatic heterocycles. The first-order valence-electron chi connectivity index (χ1n) is 7.00. The first-order valence-corrected chi connectivity index (χ1v) is 7.38. The van der Waals surface area contributed by atoms with Gasteiger partial charge in [-0.25, -0.2) is 4.98 Å². The van der Waals surface area contributed by atoms with E-state index in [2.05, 4.69) is 21.6 Å². The monoisotopic (exact) mass is 300 g/mol. The van der Waals surface area contributed by atoms with Crippen LogP contribution in [0, 0.1) is 0 Å². The number of hydrogen-bond donors (Lipinski definition) is 0. The zero-order valence-corrected chi connectivity index (χ0v) is 12.6. The van der Waals surface area contributed by atoms with E-state index >= 15 is 0 Å². The molecule has 1 atom stereocenters. The van der Waals surface area contributed by atoms with Gasteiger partial charge in [0.25, 0.3) is 0 Å². The number of imidazole rings is 1. The summed E-state index contributed by atoms with van der Waals surface area (Å²) >= 11 is 5.95. The zero-order valence-electron chi connectivity index (χ0n) is 11.9. The predicted molar refractivity (Wildman–Crippen MR) is 84.2 cm³/mol. The quantitative estimate of drug-likeness (QED) is 0.712. The Hall–Kier alpha value is -2.07.